The van der Waals surface area contributed by atoms with E-state index in [2.05, 4.69) is 0 Å². The molecule has 0 saturated heterocycles. The van der Waals surface area contributed by atoms with Crippen molar-refractivity contribution in [2.45, 2.75) is 25.7 Å². The smallest absolute Gasteiger partial charge is 0.0455 e. The molecule has 0 aliphatic heterocycles. The highest BCUT2D eigenvalue weighted by molar-refractivity contribution is 5.85. The van der Waals surface area contributed by atoms with E-state index in [1.165, 1.54) is 0 Å². The molecule has 0 saturated carbocycles. The van der Waals surface area contributed by atoms with Crippen LogP contribution in [-0.2, 0) is 38.4 Å². The summed E-state index contributed by atoms with van der Waals surface area (Å²) in [6, 6.07) is 0. The Morgan fingerprint density at radius 3 is 0.452 bits per heavy atom. The molecule has 0 aliphatic rings. The molecule has 0 amide bonds. The predicted molar refractivity (Wildman–Crippen MR) is 128 cm³/mol. The Labute approximate surface area is 237 Å². The topological polar surface area (TPSA) is 676 Å². The molecular formula is C16H48N8O18. The van der Waals surface area contributed by atoms with Gasteiger partial charge in [-0.3, -0.25) is 0 Å². The predicted octanol–water partition coefficient (Wildman–Crippen LogP) is -10.6. The highest BCUT2D eigenvalue weighted by Gasteiger charge is 2.25. The summed E-state index contributed by atoms with van der Waals surface area (Å²) in [5, 5.41) is 82.4. The number of carboxylic acids is 8. The third-order valence-electron chi connectivity index (χ3n) is 3.73. The molecule has 0 aromatic carbocycles. The Bertz CT molecular complexity index is 671. The van der Waals surface area contributed by atoms with Gasteiger partial charge in [-0.05, 0) is 25.7 Å². The minimum Gasteiger partial charge on any atom is -0.550 e. The minimum atomic E-state index is -2.03. The molecular weight excluding hydrogens is 592 g/mol. The van der Waals surface area contributed by atoms with Gasteiger partial charge >= 0.3 is 0 Å². The Morgan fingerprint density at radius 2 is 0.405 bits per heavy atom. The van der Waals surface area contributed by atoms with Crippen LogP contribution in [0.2, 0.25) is 0 Å². The molecule has 0 spiro atoms. The number of carbonyl (C=O) groups excluding carboxylic acids is 8. The van der Waals surface area contributed by atoms with Gasteiger partial charge in [0, 0.05) is 71.4 Å². The maximum absolute atomic E-state index is 10.5. The van der Waals surface area contributed by atoms with Gasteiger partial charge in [0.05, 0.1) is 0 Å². The third-order valence-corrected chi connectivity index (χ3v) is 3.73. The van der Waals surface area contributed by atoms with Crippen molar-refractivity contribution < 1.29 is 90.2 Å². The van der Waals surface area contributed by atoms with Crippen molar-refractivity contribution in [3.05, 3.63) is 0 Å². The quantitative estimate of drug-likeness (QED) is 0.0873. The second-order valence-corrected chi connectivity index (χ2v) is 6.01. The van der Waals surface area contributed by atoms with Crippen LogP contribution in [-0.4, -0.2) is 58.7 Å². The Balaban J connectivity index is -0.0000000346. The van der Waals surface area contributed by atoms with Crippen LogP contribution in [0.15, 0.2) is 0 Å². The van der Waals surface area contributed by atoms with E-state index in [0.29, 0.717) is 0 Å². The fourth-order valence-electron chi connectivity index (χ4n) is 2.28. The second-order valence-electron chi connectivity index (χ2n) is 6.01. The fraction of sp³-hybridized carbons (Fsp3) is 0.500. The van der Waals surface area contributed by atoms with E-state index >= 15 is 0 Å². The van der Waals surface area contributed by atoms with Crippen molar-refractivity contribution in [1.29, 1.82) is 0 Å². The van der Waals surface area contributed by atoms with Crippen LogP contribution in [0.3, 0.4) is 0 Å². The lowest BCUT2D eigenvalue weighted by Gasteiger charge is -2.29. The number of aliphatic carboxylic acids is 8. The van der Waals surface area contributed by atoms with Gasteiger partial charge < -0.3 is 139 Å². The summed E-state index contributed by atoms with van der Waals surface area (Å²) < 4.78 is 0. The van der Waals surface area contributed by atoms with Crippen molar-refractivity contribution in [3.63, 3.8) is 0 Å². The van der Waals surface area contributed by atoms with Crippen molar-refractivity contribution in [2.75, 3.05) is 0 Å². The van der Waals surface area contributed by atoms with Gasteiger partial charge in [-0.1, -0.05) is 0 Å². The van der Waals surface area contributed by atoms with Gasteiger partial charge in [0.15, 0.2) is 0 Å². The molecule has 26 nitrogen and oxygen atoms in total. The van der Waals surface area contributed by atoms with Crippen LogP contribution in [0.4, 0.5) is 0 Å². The van der Waals surface area contributed by atoms with E-state index in [4.69, 9.17) is 0 Å². The molecule has 0 unspecified atom stereocenters. The first-order valence-corrected chi connectivity index (χ1v) is 8.13. The summed E-state index contributed by atoms with van der Waals surface area (Å²) in [4.78, 5) is 82.4. The molecule has 260 valence electrons. The maximum Gasteiger partial charge on any atom is 0.0455 e. The summed E-state index contributed by atoms with van der Waals surface area (Å²) in [5.41, 5.74) is 0. The standard InChI is InChI=1S/2C8H10O8.8H3N.2H2O/c2*9-5(10)1-3(7(13)14)4(8(15)16)2-6(11)12;;;;;;;;;;/h2*3-4H,1-2H2,(H,9,10)(H,11,12)(H,13,14)(H,15,16);8*1H3;2*1H2/t2*3-,4+;;;;;;;;;;. The normalized spacial score (nSPS) is 10.5. The SMILES string of the molecule is O.O.O=C([O-])C[C@H](C(=O)[O-])[C@@H](CC(=O)[O-])C(=O)[O-].O=C([O-])C[C@H](C(=O)[O-])[C@@H](CC(=O)[O-])C(=O)[O-].[NH4+].[NH4+].[NH4+].[NH4+].[NH4+].[NH4+].[NH4+].[NH4+]. The van der Waals surface area contributed by atoms with Crippen LogP contribution in [0.5, 0.6) is 0 Å². The summed E-state index contributed by atoms with van der Waals surface area (Å²) in [7, 11) is 0. The highest BCUT2D eigenvalue weighted by Crippen LogP contribution is 2.19. The first-order chi connectivity index (χ1) is 14.5. The summed E-state index contributed by atoms with van der Waals surface area (Å²) >= 11 is 0. The number of carbonyl (C=O) groups is 8. The van der Waals surface area contributed by atoms with Crippen molar-refractivity contribution in [1.82, 2.24) is 49.2 Å². The fourth-order valence-corrected chi connectivity index (χ4v) is 2.28. The van der Waals surface area contributed by atoms with E-state index in [1.807, 2.05) is 0 Å². The number of hydrogen-bond donors (Lipinski definition) is 8. The first kappa shape index (κ1) is 76.8. The van der Waals surface area contributed by atoms with E-state index in [1.54, 1.807) is 0 Å². The van der Waals surface area contributed by atoms with Gasteiger partial charge in [0.2, 0.25) is 0 Å². The molecule has 0 fully saturated rings. The third kappa shape index (κ3) is 33.4. The average molecular weight is 641 g/mol. The number of carboxylic acid groups (broad SMARTS) is 8. The Kier molecular flexibility index (Phi) is 66.5. The monoisotopic (exact) mass is 640 g/mol. The molecule has 42 heavy (non-hydrogen) atoms. The lowest BCUT2D eigenvalue weighted by molar-refractivity contribution is -0.335. The lowest BCUT2D eigenvalue weighted by Crippen LogP contribution is -2.48. The molecule has 0 aromatic heterocycles. The zero-order chi connectivity index (χ0) is 25.8. The molecule has 4 atom stereocenters. The summed E-state index contributed by atoms with van der Waals surface area (Å²) in [5.74, 6) is -23.5. The van der Waals surface area contributed by atoms with E-state index in [-0.39, 0.29) is 60.2 Å². The molecule has 0 bridgehead atoms. The second kappa shape index (κ2) is 36.4. The number of quaternary nitrogens is 8. The lowest BCUT2D eigenvalue weighted by atomic mass is 9.87. The van der Waals surface area contributed by atoms with Crippen molar-refractivity contribution in [3.8, 4) is 0 Å². The zero-order valence-corrected chi connectivity index (χ0v) is 24.7. The molecule has 36 N–H and O–H groups in total. The van der Waals surface area contributed by atoms with Gasteiger partial charge in [-0.2, -0.15) is 0 Å². The highest BCUT2D eigenvalue weighted by atomic mass is 16.4. The molecule has 0 heterocycles. The maximum atomic E-state index is 10.5. The number of hydrogen-bond acceptors (Lipinski definition) is 16. The Morgan fingerprint density at radius 1 is 0.310 bits per heavy atom. The minimum absolute atomic E-state index is 0. The van der Waals surface area contributed by atoms with Gasteiger partial charge in [0.1, 0.15) is 0 Å². The Hall–Kier alpha value is -4.64. The number of rotatable bonds is 14. The van der Waals surface area contributed by atoms with Crippen LogP contribution < -0.4 is 90.1 Å². The summed E-state index contributed by atoms with van der Waals surface area (Å²) in [6.45, 7) is 0. The largest absolute Gasteiger partial charge is 0.550 e. The molecule has 0 radical (unpaired) electrons. The molecule has 26 heteroatoms. The van der Waals surface area contributed by atoms with E-state index in [9.17, 15) is 79.2 Å². The van der Waals surface area contributed by atoms with Crippen molar-refractivity contribution >= 4 is 47.8 Å². The van der Waals surface area contributed by atoms with Gasteiger partial charge in [-0.25, -0.2) is 0 Å². The van der Waals surface area contributed by atoms with Gasteiger partial charge in [0.25, 0.3) is 0 Å². The molecule has 0 rings (SSSR count). The van der Waals surface area contributed by atoms with Gasteiger partial charge in [-0.15, -0.1) is 0 Å². The van der Waals surface area contributed by atoms with Crippen molar-refractivity contribution in [2.24, 2.45) is 23.7 Å². The zero-order valence-electron chi connectivity index (χ0n) is 24.7. The summed E-state index contributed by atoms with van der Waals surface area (Å²) in [6.07, 6.45) is -4.69. The van der Waals surface area contributed by atoms with E-state index in [0.717, 1.165) is 0 Å². The molecule has 0 aliphatic carbocycles. The molecule has 0 aromatic rings. The van der Waals surface area contributed by atoms with E-state index < -0.39 is 97.1 Å². The first-order valence-electron chi connectivity index (χ1n) is 8.13. The van der Waals surface area contributed by atoms with Crippen LogP contribution in [0.1, 0.15) is 25.7 Å². The van der Waals surface area contributed by atoms with Crippen LogP contribution >= 0.6 is 0 Å². The average Bonchev–Trinajstić information content (AvgIpc) is 2.59. The van der Waals surface area contributed by atoms with Crippen LogP contribution in [0, 0.1) is 23.7 Å². The van der Waals surface area contributed by atoms with Crippen LogP contribution in [0.25, 0.3) is 0 Å².